The number of alkyl halides is 2. The van der Waals surface area contributed by atoms with Crippen molar-refractivity contribution in [3.63, 3.8) is 0 Å². The maximum Gasteiger partial charge on any atom is 0.387 e. The van der Waals surface area contributed by atoms with Crippen molar-refractivity contribution < 1.29 is 13.5 Å². The smallest absolute Gasteiger partial charge is 0.387 e. The van der Waals surface area contributed by atoms with E-state index in [1.54, 1.807) is 21.3 Å². The lowest BCUT2D eigenvalue weighted by atomic mass is 10.0. The minimum Gasteiger partial charge on any atom is -0.435 e. The van der Waals surface area contributed by atoms with Crippen molar-refractivity contribution in [2.45, 2.75) is 25.4 Å². The second kappa shape index (κ2) is 7.72. The Balaban J connectivity index is 1.57. The van der Waals surface area contributed by atoms with Crippen LogP contribution in [0.4, 0.5) is 8.78 Å². The number of hydrogen-bond donors (Lipinski definition) is 0. The maximum absolute atomic E-state index is 13.8. The van der Waals surface area contributed by atoms with Crippen molar-refractivity contribution in [1.29, 1.82) is 0 Å². The molecule has 1 fully saturated rings. The molecule has 1 saturated carbocycles. The van der Waals surface area contributed by atoms with Crippen LogP contribution < -0.4 is 10.2 Å². The Morgan fingerprint density at radius 2 is 1.79 bits per heavy atom. The summed E-state index contributed by atoms with van der Waals surface area (Å²) in [7, 11) is 1.84. The fourth-order valence-electron chi connectivity index (χ4n) is 4.21. The monoisotopic (exact) mass is 459 g/mol. The minimum absolute atomic E-state index is 0.0195. The highest BCUT2D eigenvalue weighted by Crippen LogP contribution is 2.39. The molecule has 0 spiro atoms. The Bertz CT molecular complexity index is 1600. The number of aromatic nitrogens is 5. The topological polar surface area (TPSA) is 74.3 Å². The summed E-state index contributed by atoms with van der Waals surface area (Å²) in [5, 5.41) is 9.89. The van der Waals surface area contributed by atoms with Gasteiger partial charge < -0.3 is 4.74 Å². The summed E-state index contributed by atoms with van der Waals surface area (Å²) in [6.07, 6.45) is 5.83. The van der Waals surface area contributed by atoms with Crippen LogP contribution in [-0.2, 0) is 7.05 Å². The molecule has 170 valence electrons. The molecule has 1 aliphatic rings. The SMILES string of the molecule is Cn1cc2cc(-c3nn4ccc(C5CC5)nc4c(-c4ccc(OC(F)F)cc4)c3=O)ccc2n1. The number of aryl methyl sites for hydroxylation is 1. The number of nitrogens with zero attached hydrogens (tertiary/aromatic N) is 5. The lowest BCUT2D eigenvalue weighted by Gasteiger charge is -2.12. The van der Waals surface area contributed by atoms with Gasteiger partial charge in [0.25, 0.3) is 0 Å². The molecule has 6 rings (SSSR count). The molecule has 9 heteroatoms. The Hall–Kier alpha value is -4.14. The molecule has 3 aromatic heterocycles. The van der Waals surface area contributed by atoms with Gasteiger partial charge >= 0.3 is 6.61 Å². The van der Waals surface area contributed by atoms with Gasteiger partial charge in [-0.25, -0.2) is 9.50 Å². The van der Waals surface area contributed by atoms with E-state index in [0.717, 1.165) is 29.4 Å². The van der Waals surface area contributed by atoms with Crippen LogP contribution in [0.3, 0.4) is 0 Å². The summed E-state index contributed by atoms with van der Waals surface area (Å²) in [5.41, 5.74) is 3.73. The van der Waals surface area contributed by atoms with Crippen molar-refractivity contribution in [3.05, 3.63) is 76.8 Å². The quantitative estimate of drug-likeness (QED) is 0.378. The van der Waals surface area contributed by atoms with Gasteiger partial charge in [-0.05, 0) is 48.7 Å². The van der Waals surface area contributed by atoms with Gasteiger partial charge in [0.05, 0.1) is 11.1 Å². The highest BCUT2D eigenvalue weighted by atomic mass is 19.3. The number of hydrogen-bond acceptors (Lipinski definition) is 5. The second-order valence-electron chi connectivity index (χ2n) is 8.43. The van der Waals surface area contributed by atoms with Crippen molar-refractivity contribution in [3.8, 4) is 28.1 Å². The normalized spacial score (nSPS) is 13.8. The standard InChI is InChI=1S/C25H19F2N5O2/c1-31-13-17-12-16(6-9-20(17)29-31)22-23(33)21(15-4-7-18(8-5-15)34-25(26)27)24-28-19(14-2-3-14)10-11-32(24)30-22/h4-14,25H,2-3H2,1H3. The summed E-state index contributed by atoms with van der Waals surface area (Å²) < 4.78 is 33.0. The van der Waals surface area contributed by atoms with Crippen LogP contribution in [0.25, 0.3) is 38.9 Å². The number of benzene rings is 2. The average Bonchev–Trinajstić information content (AvgIpc) is 3.59. The predicted molar refractivity (Wildman–Crippen MR) is 123 cm³/mol. The van der Waals surface area contributed by atoms with Crippen LogP contribution in [0.2, 0.25) is 0 Å². The zero-order valence-electron chi connectivity index (χ0n) is 18.2. The Morgan fingerprint density at radius 1 is 1.03 bits per heavy atom. The molecule has 0 bridgehead atoms. The Morgan fingerprint density at radius 3 is 2.53 bits per heavy atom. The molecule has 2 aromatic carbocycles. The van der Waals surface area contributed by atoms with Gasteiger partial charge in [-0.1, -0.05) is 18.2 Å². The van der Waals surface area contributed by atoms with E-state index in [1.165, 1.54) is 12.1 Å². The van der Waals surface area contributed by atoms with Crippen LogP contribution in [-0.4, -0.2) is 31.0 Å². The number of ether oxygens (including phenoxy) is 1. The number of rotatable bonds is 5. The Labute approximate surface area is 192 Å². The molecule has 0 unspecified atom stereocenters. The third-order valence-electron chi connectivity index (χ3n) is 5.97. The van der Waals surface area contributed by atoms with Crippen LogP contribution in [0.15, 0.2) is 65.7 Å². The van der Waals surface area contributed by atoms with Gasteiger partial charge in [-0.2, -0.15) is 19.0 Å². The van der Waals surface area contributed by atoms with Crippen LogP contribution in [0.1, 0.15) is 24.5 Å². The zero-order valence-corrected chi connectivity index (χ0v) is 18.2. The second-order valence-corrected chi connectivity index (χ2v) is 8.43. The minimum atomic E-state index is -2.92. The molecule has 0 amide bonds. The molecule has 7 nitrogen and oxygen atoms in total. The molecular weight excluding hydrogens is 440 g/mol. The third kappa shape index (κ3) is 3.59. The van der Waals surface area contributed by atoms with Crippen molar-refractivity contribution in [2.75, 3.05) is 0 Å². The molecule has 5 aromatic rings. The van der Waals surface area contributed by atoms with Gasteiger partial charge in [-0.15, -0.1) is 0 Å². The molecule has 0 N–H and O–H groups in total. The number of halogens is 2. The van der Waals surface area contributed by atoms with Gasteiger partial charge in [0.15, 0.2) is 5.65 Å². The van der Waals surface area contributed by atoms with Gasteiger partial charge in [0.1, 0.15) is 11.4 Å². The van der Waals surface area contributed by atoms with E-state index in [1.807, 2.05) is 43.7 Å². The molecule has 0 atom stereocenters. The van der Waals surface area contributed by atoms with Crippen LogP contribution >= 0.6 is 0 Å². The van der Waals surface area contributed by atoms with E-state index in [4.69, 9.17) is 4.98 Å². The molecule has 3 heterocycles. The van der Waals surface area contributed by atoms with Crippen molar-refractivity contribution in [1.82, 2.24) is 24.4 Å². The predicted octanol–water partition coefficient (Wildman–Crippen LogP) is 4.79. The fourth-order valence-corrected chi connectivity index (χ4v) is 4.21. The molecular formula is C25H19F2N5O2. The van der Waals surface area contributed by atoms with E-state index in [-0.39, 0.29) is 16.9 Å². The van der Waals surface area contributed by atoms with Gasteiger partial charge in [0.2, 0.25) is 5.43 Å². The van der Waals surface area contributed by atoms with Crippen LogP contribution in [0.5, 0.6) is 5.75 Å². The van der Waals surface area contributed by atoms with Gasteiger partial charge in [-0.3, -0.25) is 9.48 Å². The largest absolute Gasteiger partial charge is 0.435 e. The summed E-state index contributed by atoms with van der Waals surface area (Å²) >= 11 is 0. The van der Waals surface area contributed by atoms with Crippen molar-refractivity contribution in [2.24, 2.45) is 7.05 Å². The first kappa shape index (κ1) is 20.5. The molecule has 1 aliphatic carbocycles. The van der Waals surface area contributed by atoms with E-state index >= 15 is 0 Å². The first-order chi connectivity index (χ1) is 16.5. The van der Waals surface area contributed by atoms with E-state index in [9.17, 15) is 13.6 Å². The van der Waals surface area contributed by atoms with Crippen LogP contribution in [0, 0.1) is 0 Å². The first-order valence-corrected chi connectivity index (χ1v) is 10.9. The molecule has 0 aliphatic heterocycles. The molecule has 0 saturated heterocycles. The summed E-state index contributed by atoms with van der Waals surface area (Å²) in [6.45, 7) is -2.92. The highest BCUT2D eigenvalue weighted by molar-refractivity contribution is 5.86. The first-order valence-electron chi connectivity index (χ1n) is 10.9. The maximum atomic E-state index is 13.8. The lowest BCUT2D eigenvalue weighted by Crippen LogP contribution is -2.16. The van der Waals surface area contributed by atoms with E-state index in [2.05, 4.69) is 14.9 Å². The number of fused-ring (bicyclic) bond motifs is 2. The lowest BCUT2D eigenvalue weighted by molar-refractivity contribution is -0.0498. The summed E-state index contributed by atoms with van der Waals surface area (Å²) in [6, 6.07) is 13.5. The third-order valence-corrected chi connectivity index (χ3v) is 5.97. The summed E-state index contributed by atoms with van der Waals surface area (Å²) in [4.78, 5) is 18.6. The fraction of sp³-hybridized carbons (Fsp3) is 0.200. The molecule has 0 radical (unpaired) electrons. The van der Waals surface area contributed by atoms with E-state index in [0.29, 0.717) is 28.3 Å². The van der Waals surface area contributed by atoms with E-state index < -0.39 is 6.61 Å². The average molecular weight is 459 g/mol. The molecule has 34 heavy (non-hydrogen) atoms. The zero-order chi connectivity index (χ0) is 23.4. The Kier molecular flexibility index (Phi) is 4.65. The van der Waals surface area contributed by atoms with Gasteiger partial charge in [0, 0.05) is 42.0 Å². The van der Waals surface area contributed by atoms with Crippen molar-refractivity contribution >= 4 is 16.6 Å². The summed E-state index contributed by atoms with van der Waals surface area (Å²) in [5.74, 6) is 0.411. The highest BCUT2D eigenvalue weighted by Gasteiger charge is 2.26.